The van der Waals surface area contributed by atoms with Gasteiger partial charge in [-0.2, -0.15) is 0 Å². The average molecular weight is 375 g/mol. The molecule has 0 heterocycles. The Kier molecular flexibility index (Phi) is 8.79. The molecule has 1 amide bonds. The molecule has 0 radical (unpaired) electrons. The van der Waals surface area contributed by atoms with E-state index in [9.17, 15) is 9.59 Å². The van der Waals surface area contributed by atoms with Crippen molar-refractivity contribution in [2.45, 2.75) is 65.0 Å². The van der Waals surface area contributed by atoms with E-state index < -0.39 is 0 Å². The standard InChI is InChI=1S/C22H34N2O3/c1-17(2)15-24(20-7-5-4-6-8-20)16-18-9-11-19(12-10-18)22(26)23-14-13-21(25)27-3/h9-12,17,20H,4-8,13-16H2,1-3H3,(H,23,26). The summed E-state index contributed by atoms with van der Waals surface area (Å²) in [6.07, 6.45) is 6.83. The lowest BCUT2D eigenvalue weighted by Gasteiger charge is -2.35. The van der Waals surface area contributed by atoms with Crippen molar-refractivity contribution in [2.75, 3.05) is 20.2 Å². The molecule has 0 spiro atoms. The lowest BCUT2D eigenvalue weighted by molar-refractivity contribution is -0.140. The minimum Gasteiger partial charge on any atom is -0.469 e. The van der Waals surface area contributed by atoms with Gasteiger partial charge >= 0.3 is 5.97 Å². The maximum Gasteiger partial charge on any atom is 0.307 e. The molecule has 1 aliphatic carbocycles. The smallest absolute Gasteiger partial charge is 0.307 e. The van der Waals surface area contributed by atoms with Crippen LogP contribution in [0, 0.1) is 5.92 Å². The third kappa shape index (κ3) is 7.33. The first kappa shape index (κ1) is 21.4. The van der Waals surface area contributed by atoms with E-state index in [2.05, 4.69) is 28.8 Å². The topological polar surface area (TPSA) is 58.6 Å². The fourth-order valence-corrected chi connectivity index (χ4v) is 3.74. The molecule has 1 aromatic carbocycles. The highest BCUT2D eigenvalue weighted by Crippen LogP contribution is 2.25. The van der Waals surface area contributed by atoms with E-state index in [4.69, 9.17) is 0 Å². The molecule has 1 aromatic rings. The molecule has 0 aromatic heterocycles. The Morgan fingerprint density at radius 3 is 2.41 bits per heavy atom. The van der Waals surface area contributed by atoms with Crippen LogP contribution in [-0.4, -0.2) is 43.0 Å². The van der Waals surface area contributed by atoms with Crippen LogP contribution in [0.4, 0.5) is 0 Å². The summed E-state index contributed by atoms with van der Waals surface area (Å²) >= 11 is 0. The van der Waals surface area contributed by atoms with Gasteiger partial charge in [0.1, 0.15) is 0 Å². The molecule has 1 fully saturated rings. The fraction of sp³-hybridized carbons (Fsp3) is 0.636. The van der Waals surface area contributed by atoms with Gasteiger partial charge in [-0.05, 0) is 36.5 Å². The molecule has 0 saturated heterocycles. The first-order chi connectivity index (χ1) is 13.0. The number of carbonyl (C=O) groups is 2. The summed E-state index contributed by atoms with van der Waals surface area (Å²) in [6.45, 7) is 6.89. The van der Waals surface area contributed by atoms with Crippen LogP contribution >= 0.6 is 0 Å². The monoisotopic (exact) mass is 374 g/mol. The molecule has 1 saturated carbocycles. The van der Waals surface area contributed by atoms with E-state index in [1.54, 1.807) is 0 Å². The van der Waals surface area contributed by atoms with Gasteiger partial charge in [0, 0.05) is 31.2 Å². The van der Waals surface area contributed by atoms with E-state index in [-0.39, 0.29) is 24.8 Å². The van der Waals surface area contributed by atoms with E-state index in [1.807, 2.05) is 24.3 Å². The maximum atomic E-state index is 12.2. The lowest BCUT2D eigenvalue weighted by Crippen LogP contribution is -2.38. The van der Waals surface area contributed by atoms with E-state index in [0.29, 0.717) is 17.5 Å². The van der Waals surface area contributed by atoms with E-state index in [1.165, 1.54) is 44.8 Å². The number of methoxy groups -OCH3 is 1. The van der Waals surface area contributed by atoms with Crippen LogP contribution < -0.4 is 5.32 Å². The maximum absolute atomic E-state index is 12.2. The number of amides is 1. The zero-order valence-electron chi connectivity index (χ0n) is 17.0. The Balaban J connectivity index is 1.91. The summed E-state index contributed by atoms with van der Waals surface area (Å²) in [7, 11) is 1.35. The Bertz CT molecular complexity index is 592. The van der Waals surface area contributed by atoms with Crippen molar-refractivity contribution >= 4 is 11.9 Å². The predicted octanol–water partition coefficient (Wildman–Crippen LogP) is 3.77. The third-order valence-corrected chi connectivity index (χ3v) is 5.13. The van der Waals surface area contributed by atoms with Crippen LogP contribution in [-0.2, 0) is 16.1 Å². The summed E-state index contributed by atoms with van der Waals surface area (Å²) in [5, 5.41) is 2.75. The van der Waals surface area contributed by atoms with E-state index in [0.717, 1.165) is 13.1 Å². The highest BCUT2D eigenvalue weighted by molar-refractivity contribution is 5.94. The zero-order chi connectivity index (χ0) is 19.6. The van der Waals surface area contributed by atoms with Gasteiger partial charge < -0.3 is 10.1 Å². The molecule has 5 nitrogen and oxygen atoms in total. The fourth-order valence-electron chi connectivity index (χ4n) is 3.74. The van der Waals surface area contributed by atoms with Crippen molar-refractivity contribution in [3.05, 3.63) is 35.4 Å². The second-order valence-corrected chi connectivity index (χ2v) is 7.89. The number of hydrogen-bond acceptors (Lipinski definition) is 4. The minimum atomic E-state index is -0.321. The van der Waals surface area contributed by atoms with Gasteiger partial charge in [0.05, 0.1) is 13.5 Å². The highest BCUT2D eigenvalue weighted by atomic mass is 16.5. The third-order valence-electron chi connectivity index (χ3n) is 5.13. The van der Waals surface area contributed by atoms with Gasteiger partial charge in [0.2, 0.25) is 0 Å². The molecule has 0 bridgehead atoms. The molecule has 0 aliphatic heterocycles. The van der Waals surface area contributed by atoms with Crippen molar-refractivity contribution in [1.82, 2.24) is 10.2 Å². The van der Waals surface area contributed by atoms with Crippen LogP contribution in [0.15, 0.2) is 24.3 Å². The number of benzene rings is 1. The molecule has 0 unspecified atom stereocenters. The van der Waals surface area contributed by atoms with Crippen LogP contribution in [0.5, 0.6) is 0 Å². The average Bonchev–Trinajstić information content (AvgIpc) is 2.68. The van der Waals surface area contributed by atoms with Crippen LogP contribution in [0.25, 0.3) is 0 Å². The second-order valence-electron chi connectivity index (χ2n) is 7.89. The molecular formula is C22H34N2O3. The summed E-state index contributed by atoms with van der Waals surface area (Å²) in [5.74, 6) is 0.169. The van der Waals surface area contributed by atoms with E-state index >= 15 is 0 Å². The van der Waals surface area contributed by atoms with Crippen molar-refractivity contribution in [3.63, 3.8) is 0 Å². The highest BCUT2D eigenvalue weighted by Gasteiger charge is 2.22. The minimum absolute atomic E-state index is 0.156. The summed E-state index contributed by atoms with van der Waals surface area (Å²) < 4.78 is 4.57. The number of esters is 1. The van der Waals surface area contributed by atoms with Gasteiger partial charge in [0.25, 0.3) is 5.91 Å². The Morgan fingerprint density at radius 2 is 1.81 bits per heavy atom. The molecule has 0 atom stereocenters. The lowest BCUT2D eigenvalue weighted by atomic mass is 9.93. The molecule has 150 valence electrons. The first-order valence-corrected chi connectivity index (χ1v) is 10.2. The quantitative estimate of drug-likeness (QED) is 0.669. The van der Waals surface area contributed by atoms with Gasteiger partial charge in [0.15, 0.2) is 0 Å². The van der Waals surface area contributed by atoms with Gasteiger partial charge in [-0.1, -0.05) is 45.2 Å². The molecule has 1 N–H and O–H groups in total. The number of nitrogens with zero attached hydrogens (tertiary/aromatic N) is 1. The summed E-state index contributed by atoms with van der Waals surface area (Å²) in [6, 6.07) is 8.52. The van der Waals surface area contributed by atoms with Crippen molar-refractivity contribution < 1.29 is 14.3 Å². The van der Waals surface area contributed by atoms with Crippen LogP contribution in [0.2, 0.25) is 0 Å². The SMILES string of the molecule is COC(=O)CCNC(=O)c1ccc(CN(CC(C)C)C2CCCCC2)cc1. The predicted molar refractivity (Wildman–Crippen MR) is 108 cm³/mol. The van der Waals surface area contributed by atoms with Gasteiger partial charge in [-0.25, -0.2) is 0 Å². The summed E-state index contributed by atoms with van der Waals surface area (Å²) in [4.78, 5) is 25.9. The van der Waals surface area contributed by atoms with Gasteiger partial charge in [-0.15, -0.1) is 0 Å². The molecule has 2 rings (SSSR count). The van der Waals surface area contributed by atoms with Gasteiger partial charge in [-0.3, -0.25) is 14.5 Å². The number of ether oxygens (including phenoxy) is 1. The Hall–Kier alpha value is -1.88. The number of hydrogen-bond donors (Lipinski definition) is 1. The van der Waals surface area contributed by atoms with Crippen LogP contribution in [0.1, 0.15) is 68.3 Å². The second kappa shape index (κ2) is 11.1. The number of nitrogens with one attached hydrogen (secondary N) is 1. The van der Waals surface area contributed by atoms with Crippen LogP contribution in [0.3, 0.4) is 0 Å². The normalized spacial score (nSPS) is 15.1. The van der Waals surface area contributed by atoms with Crippen molar-refractivity contribution in [3.8, 4) is 0 Å². The number of rotatable bonds is 9. The zero-order valence-corrected chi connectivity index (χ0v) is 17.0. The van der Waals surface area contributed by atoms with Crippen molar-refractivity contribution in [2.24, 2.45) is 5.92 Å². The molecular weight excluding hydrogens is 340 g/mol. The molecule has 27 heavy (non-hydrogen) atoms. The number of carbonyl (C=O) groups excluding carboxylic acids is 2. The largest absolute Gasteiger partial charge is 0.469 e. The Labute approximate surface area is 163 Å². The van der Waals surface area contributed by atoms with Crippen molar-refractivity contribution in [1.29, 1.82) is 0 Å². The first-order valence-electron chi connectivity index (χ1n) is 10.2. The molecule has 5 heteroatoms. The summed E-state index contributed by atoms with van der Waals surface area (Å²) in [5.41, 5.74) is 1.86. The Morgan fingerprint density at radius 1 is 1.15 bits per heavy atom. The molecule has 1 aliphatic rings.